The van der Waals surface area contributed by atoms with Gasteiger partial charge in [0.25, 0.3) is 5.91 Å². The summed E-state index contributed by atoms with van der Waals surface area (Å²) in [7, 11) is 0. The van der Waals surface area contributed by atoms with Crippen molar-refractivity contribution in [2.24, 2.45) is 0 Å². The molecule has 0 atom stereocenters. The maximum Gasteiger partial charge on any atom is 0.272 e. The molecule has 1 aliphatic heterocycles. The van der Waals surface area contributed by atoms with Crippen molar-refractivity contribution in [2.75, 3.05) is 18.5 Å². The lowest BCUT2D eigenvalue weighted by Crippen LogP contribution is -2.17. The third-order valence-electron chi connectivity index (χ3n) is 5.21. The van der Waals surface area contributed by atoms with Crippen LogP contribution in [0.3, 0.4) is 0 Å². The van der Waals surface area contributed by atoms with Crippen LogP contribution < -0.4 is 5.32 Å². The first-order valence-corrected chi connectivity index (χ1v) is 11.4. The smallest absolute Gasteiger partial charge is 0.272 e. The molecule has 2 N–H and O–H groups in total. The first-order chi connectivity index (χ1) is 14.0. The molecule has 1 aromatic carbocycles. The van der Waals surface area contributed by atoms with Crippen LogP contribution in [0.15, 0.2) is 24.3 Å². The van der Waals surface area contributed by atoms with Crippen LogP contribution >= 0.6 is 11.8 Å². The summed E-state index contributed by atoms with van der Waals surface area (Å²) < 4.78 is 5.42. The van der Waals surface area contributed by atoms with E-state index in [1.54, 1.807) is 6.92 Å². The molecule has 2 aromatic rings. The highest BCUT2D eigenvalue weighted by Crippen LogP contribution is 2.27. The number of thioether (sulfide) groups is 1. The molecule has 156 valence electrons. The molecule has 1 aliphatic rings. The predicted octanol–water partition coefficient (Wildman–Crippen LogP) is 5.14. The number of amides is 1. The van der Waals surface area contributed by atoms with Gasteiger partial charge in [-0.15, -0.1) is 0 Å². The molecule has 0 bridgehead atoms. The molecular weight excluding hydrogens is 384 g/mol. The Hall–Kier alpha value is -2.05. The number of aromatic amines is 1. The Bertz CT molecular complexity index is 869. The number of carbonyl (C=O) groups excluding carboxylic acids is 2. The van der Waals surface area contributed by atoms with Crippen molar-refractivity contribution in [3.63, 3.8) is 0 Å². The number of ether oxygens (including phenoxy) is 1. The molecule has 29 heavy (non-hydrogen) atoms. The van der Waals surface area contributed by atoms with Gasteiger partial charge < -0.3 is 15.0 Å². The monoisotopic (exact) mass is 414 g/mol. The molecule has 1 saturated heterocycles. The summed E-state index contributed by atoms with van der Waals surface area (Å²) in [5, 5.41) is 3.65. The van der Waals surface area contributed by atoms with Gasteiger partial charge in [-0.3, -0.25) is 9.59 Å². The van der Waals surface area contributed by atoms with E-state index < -0.39 is 0 Å². The fraction of sp³-hybridized carbons (Fsp3) is 0.478. The first-order valence-electron chi connectivity index (χ1n) is 10.3. The van der Waals surface area contributed by atoms with E-state index in [0.717, 1.165) is 55.2 Å². The summed E-state index contributed by atoms with van der Waals surface area (Å²) in [6.45, 7) is 7.16. The van der Waals surface area contributed by atoms with Crippen molar-refractivity contribution in [2.45, 2.75) is 57.5 Å². The van der Waals surface area contributed by atoms with Crippen molar-refractivity contribution < 1.29 is 14.3 Å². The maximum absolute atomic E-state index is 12.9. The number of rotatable bonds is 8. The highest BCUT2D eigenvalue weighted by Gasteiger charge is 2.22. The molecule has 0 aliphatic carbocycles. The van der Waals surface area contributed by atoms with Gasteiger partial charge in [0.1, 0.15) is 5.69 Å². The summed E-state index contributed by atoms with van der Waals surface area (Å²) in [5.41, 5.74) is 4.70. The number of hydrogen-bond acceptors (Lipinski definition) is 4. The predicted molar refractivity (Wildman–Crippen MR) is 119 cm³/mol. The molecule has 1 amide bonds. The molecule has 6 heteroatoms. The topological polar surface area (TPSA) is 71.2 Å². The molecule has 5 nitrogen and oxygen atoms in total. The van der Waals surface area contributed by atoms with Crippen molar-refractivity contribution >= 4 is 29.1 Å². The minimum atomic E-state index is -0.196. The van der Waals surface area contributed by atoms with Gasteiger partial charge in [-0.05, 0) is 56.4 Å². The minimum Gasteiger partial charge on any atom is -0.381 e. The number of nitrogens with one attached hydrogen (secondary N) is 2. The summed E-state index contributed by atoms with van der Waals surface area (Å²) >= 11 is 1.96. The van der Waals surface area contributed by atoms with Crippen LogP contribution in [-0.2, 0) is 16.9 Å². The molecule has 0 radical (unpaired) electrons. The van der Waals surface area contributed by atoms with Crippen LogP contribution in [0.25, 0.3) is 0 Å². The molecule has 0 saturated carbocycles. The standard InChI is InChI=1S/C23H30N2O3S/c1-4-6-20-21(16(3)26)15(2)24-22(20)23(27)25-18-8-5-7-17(13-18)14-29-19-9-11-28-12-10-19/h5,7-8,13,19,24H,4,6,9-12,14H2,1-3H3,(H,25,27). The maximum atomic E-state index is 12.9. The highest BCUT2D eigenvalue weighted by atomic mass is 32.2. The summed E-state index contributed by atoms with van der Waals surface area (Å²) in [6.07, 6.45) is 3.78. The van der Waals surface area contributed by atoms with Crippen molar-refractivity contribution in [1.82, 2.24) is 4.98 Å². The van der Waals surface area contributed by atoms with E-state index in [2.05, 4.69) is 16.4 Å². The zero-order chi connectivity index (χ0) is 20.8. The number of aryl methyl sites for hydroxylation is 1. The van der Waals surface area contributed by atoms with Gasteiger partial charge in [0.15, 0.2) is 5.78 Å². The minimum absolute atomic E-state index is 0.00613. The van der Waals surface area contributed by atoms with Crippen LogP contribution in [0.4, 0.5) is 5.69 Å². The van der Waals surface area contributed by atoms with E-state index in [0.29, 0.717) is 22.9 Å². The highest BCUT2D eigenvalue weighted by molar-refractivity contribution is 7.99. The first kappa shape index (κ1) is 21.7. The van der Waals surface area contributed by atoms with Crippen molar-refractivity contribution in [3.8, 4) is 0 Å². The van der Waals surface area contributed by atoms with E-state index in [1.165, 1.54) is 5.56 Å². The van der Waals surface area contributed by atoms with E-state index in [9.17, 15) is 9.59 Å². The molecule has 1 fully saturated rings. The fourth-order valence-electron chi connectivity index (χ4n) is 3.84. The molecule has 0 unspecified atom stereocenters. The number of ketones is 1. The number of aromatic nitrogens is 1. The summed E-state index contributed by atoms with van der Waals surface area (Å²) in [5.74, 6) is 0.720. The lowest BCUT2D eigenvalue weighted by atomic mass is 10.0. The van der Waals surface area contributed by atoms with Gasteiger partial charge in [-0.1, -0.05) is 25.5 Å². The average Bonchev–Trinajstić information content (AvgIpc) is 3.04. The second-order valence-corrected chi connectivity index (χ2v) is 8.85. The van der Waals surface area contributed by atoms with Gasteiger partial charge in [-0.25, -0.2) is 0 Å². The third kappa shape index (κ3) is 5.52. The third-order valence-corrected chi connectivity index (χ3v) is 6.65. The Labute approximate surface area is 177 Å². The Balaban J connectivity index is 1.70. The Morgan fingerprint density at radius 3 is 2.72 bits per heavy atom. The van der Waals surface area contributed by atoms with Gasteiger partial charge in [0, 0.05) is 41.2 Å². The van der Waals surface area contributed by atoms with E-state index in [-0.39, 0.29) is 11.7 Å². The molecular formula is C23H30N2O3S. The fourth-order valence-corrected chi connectivity index (χ4v) is 4.97. The number of H-pyrrole nitrogens is 1. The van der Waals surface area contributed by atoms with Crippen LogP contribution in [0.1, 0.15) is 70.8 Å². The summed E-state index contributed by atoms with van der Waals surface area (Å²) in [6, 6.07) is 8.01. The van der Waals surface area contributed by atoms with Crippen LogP contribution in [0.2, 0.25) is 0 Å². The lowest BCUT2D eigenvalue weighted by Gasteiger charge is -2.21. The zero-order valence-electron chi connectivity index (χ0n) is 17.5. The Kier molecular flexibility index (Phi) is 7.56. The molecule has 1 aromatic heterocycles. The van der Waals surface area contributed by atoms with Crippen LogP contribution in [0, 0.1) is 6.92 Å². The number of carbonyl (C=O) groups is 2. The van der Waals surface area contributed by atoms with Crippen LogP contribution in [-0.4, -0.2) is 35.1 Å². The summed E-state index contributed by atoms with van der Waals surface area (Å²) in [4.78, 5) is 28.1. The van der Waals surface area contributed by atoms with Gasteiger partial charge in [0.2, 0.25) is 0 Å². The number of hydrogen-bond donors (Lipinski definition) is 2. The lowest BCUT2D eigenvalue weighted by molar-refractivity contribution is 0.0999. The number of benzene rings is 1. The Morgan fingerprint density at radius 1 is 1.28 bits per heavy atom. The van der Waals surface area contributed by atoms with Gasteiger partial charge in [-0.2, -0.15) is 11.8 Å². The van der Waals surface area contributed by atoms with E-state index >= 15 is 0 Å². The van der Waals surface area contributed by atoms with Gasteiger partial charge >= 0.3 is 0 Å². The van der Waals surface area contributed by atoms with E-state index in [4.69, 9.17) is 4.74 Å². The normalized spacial score (nSPS) is 14.7. The molecule has 3 rings (SSSR count). The zero-order valence-corrected chi connectivity index (χ0v) is 18.3. The second kappa shape index (κ2) is 10.1. The van der Waals surface area contributed by atoms with E-state index in [1.807, 2.05) is 43.8 Å². The largest absolute Gasteiger partial charge is 0.381 e. The van der Waals surface area contributed by atoms with Gasteiger partial charge in [0.05, 0.1) is 0 Å². The molecule has 2 heterocycles. The SMILES string of the molecule is CCCc1c(C(=O)Nc2cccc(CSC3CCOCC3)c2)[nH]c(C)c1C(C)=O. The molecule has 0 spiro atoms. The second-order valence-electron chi connectivity index (χ2n) is 7.56. The van der Waals surface area contributed by atoms with Crippen LogP contribution in [0.5, 0.6) is 0 Å². The number of anilines is 1. The van der Waals surface area contributed by atoms with Crippen molar-refractivity contribution in [3.05, 3.63) is 52.3 Å². The van der Waals surface area contributed by atoms with Crippen molar-refractivity contribution in [1.29, 1.82) is 0 Å². The quantitative estimate of drug-likeness (QED) is 0.587. The average molecular weight is 415 g/mol. The Morgan fingerprint density at radius 2 is 2.03 bits per heavy atom. The number of Topliss-reactive ketones (excluding diaryl/α,β-unsaturated/α-hetero) is 1.